The molecule has 1 heterocycles. The molecule has 1 unspecified atom stereocenters. The third-order valence-electron chi connectivity index (χ3n) is 4.13. The van der Waals surface area contributed by atoms with E-state index in [0.29, 0.717) is 10.7 Å². The molecule has 26 heavy (non-hydrogen) atoms. The van der Waals surface area contributed by atoms with E-state index in [1.807, 2.05) is 66.7 Å². The van der Waals surface area contributed by atoms with Crippen molar-refractivity contribution in [3.8, 4) is 0 Å². The zero-order chi connectivity index (χ0) is 17.9. The summed E-state index contributed by atoms with van der Waals surface area (Å²) < 4.78 is 0. The molecule has 0 aliphatic carbocycles. The highest BCUT2D eigenvalue weighted by Crippen LogP contribution is 2.27. The van der Waals surface area contributed by atoms with Crippen LogP contribution in [0.1, 0.15) is 11.1 Å². The predicted octanol–water partition coefficient (Wildman–Crippen LogP) is 4.57. The van der Waals surface area contributed by atoms with Gasteiger partial charge in [-0.15, -0.1) is 0 Å². The molecule has 0 saturated carbocycles. The maximum atomic E-state index is 12.7. The van der Waals surface area contributed by atoms with E-state index in [2.05, 4.69) is 10.6 Å². The number of carbonyl (C=O) groups excluding carboxylic acids is 1. The van der Waals surface area contributed by atoms with Crippen LogP contribution in [0, 0.1) is 0 Å². The van der Waals surface area contributed by atoms with Crippen LogP contribution in [-0.4, -0.2) is 17.8 Å². The topological polar surface area (TPSA) is 53.5 Å². The van der Waals surface area contributed by atoms with Gasteiger partial charge in [0.2, 0.25) is 0 Å². The first-order valence-corrected chi connectivity index (χ1v) is 8.64. The summed E-state index contributed by atoms with van der Waals surface area (Å²) in [5.41, 5.74) is 3.96. The summed E-state index contributed by atoms with van der Waals surface area (Å²) in [5, 5.41) is 6.73. The van der Waals surface area contributed by atoms with Crippen molar-refractivity contribution >= 4 is 34.6 Å². The molecule has 3 aromatic carbocycles. The molecule has 128 valence electrons. The van der Waals surface area contributed by atoms with E-state index in [0.717, 1.165) is 22.5 Å². The Morgan fingerprint density at radius 2 is 1.62 bits per heavy atom. The molecule has 2 N–H and O–H groups in total. The standard InChI is InChI=1S/C21H16ClN3O/c22-15-11-12-18-17(13-15)19(14-7-3-1-4-8-14)25-20(21(26)24-18)23-16-9-5-2-6-10-16/h1-13,20,23H,(H,24,26). The Kier molecular flexibility index (Phi) is 4.42. The average molecular weight is 362 g/mol. The Hall–Kier alpha value is -3.11. The Labute approximate surface area is 156 Å². The van der Waals surface area contributed by atoms with Crippen molar-refractivity contribution in [2.45, 2.75) is 6.17 Å². The third kappa shape index (κ3) is 3.32. The first kappa shape index (κ1) is 16.4. The number of aliphatic imine (C=N–C) groups is 1. The van der Waals surface area contributed by atoms with Gasteiger partial charge in [0.1, 0.15) is 0 Å². The van der Waals surface area contributed by atoms with Crippen LogP contribution in [0.3, 0.4) is 0 Å². The number of fused-ring (bicyclic) bond motifs is 1. The van der Waals surface area contributed by atoms with Gasteiger partial charge in [-0.2, -0.15) is 0 Å². The minimum absolute atomic E-state index is 0.219. The number of anilines is 2. The van der Waals surface area contributed by atoms with Gasteiger partial charge >= 0.3 is 0 Å². The van der Waals surface area contributed by atoms with Crippen molar-refractivity contribution in [1.29, 1.82) is 0 Å². The first-order chi connectivity index (χ1) is 12.7. The molecule has 0 bridgehead atoms. The van der Waals surface area contributed by atoms with Crippen molar-refractivity contribution in [3.05, 3.63) is 95.0 Å². The number of hydrogen-bond acceptors (Lipinski definition) is 3. The molecule has 0 radical (unpaired) electrons. The van der Waals surface area contributed by atoms with E-state index in [1.165, 1.54) is 0 Å². The fourth-order valence-electron chi connectivity index (χ4n) is 2.90. The van der Waals surface area contributed by atoms with Gasteiger partial charge < -0.3 is 10.6 Å². The van der Waals surface area contributed by atoms with Crippen molar-refractivity contribution in [2.75, 3.05) is 10.6 Å². The summed E-state index contributed by atoms with van der Waals surface area (Å²) in [6, 6.07) is 24.7. The lowest BCUT2D eigenvalue weighted by Gasteiger charge is -2.14. The van der Waals surface area contributed by atoms with E-state index in [9.17, 15) is 4.79 Å². The molecule has 4 rings (SSSR count). The van der Waals surface area contributed by atoms with Crippen molar-refractivity contribution < 1.29 is 4.79 Å². The fraction of sp³-hybridized carbons (Fsp3) is 0.0476. The molecule has 1 atom stereocenters. The second kappa shape index (κ2) is 7.02. The van der Waals surface area contributed by atoms with Gasteiger partial charge in [0.15, 0.2) is 6.17 Å². The van der Waals surface area contributed by atoms with Crippen LogP contribution in [0.25, 0.3) is 0 Å². The molecule has 0 aromatic heterocycles. The van der Waals surface area contributed by atoms with Crippen LogP contribution in [0.4, 0.5) is 11.4 Å². The van der Waals surface area contributed by atoms with Gasteiger partial charge in [-0.1, -0.05) is 60.1 Å². The second-order valence-electron chi connectivity index (χ2n) is 5.94. The number of rotatable bonds is 3. The number of nitrogens with one attached hydrogen (secondary N) is 2. The highest BCUT2D eigenvalue weighted by molar-refractivity contribution is 6.32. The summed E-state index contributed by atoms with van der Waals surface area (Å²) in [6.07, 6.45) is -0.751. The van der Waals surface area contributed by atoms with E-state index >= 15 is 0 Å². The maximum absolute atomic E-state index is 12.7. The average Bonchev–Trinajstić information content (AvgIpc) is 2.80. The Morgan fingerprint density at radius 1 is 0.923 bits per heavy atom. The zero-order valence-corrected chi connectivity index (χ0v) is 14.6. The number of carbonyl (C=O) groups is 1. The number of amides is 1. The number of para-hydroxylation sites is 1. The SMILES string of the molecule is O=C1Nc2ccc(Cl)cc2C(c2ccccc2)=NC1Nc1ccccc1. The Morgan fingerprint density at radius 3 is 2.35 bits per heavy atom. The van der Waals surface area contributed by atoms with Gasteiger partial charge in [0, 0.05) is 21.8 Å². The second-order valence-corrected chi connectivity index (χ2v) is 6.37. The number of benzodiazepines with no additional fused rings is 1. The third-order valence-corrected chi connectivity index (χ3v) is 4.36. The molecule has 0 fully saturated rings. The van der Waals surface area contributed by atoms with E-state index in [4.69, 9.17) is 16.6 Å². The summed E-state index contributed by atoms with van der Waals surface area (Å²) in [6.45, 7) is 0. The number of hydrogen-bond donors (Lipinski definition) is 2. The highest BCUT2D eigenvalue weighted by atomic mass is 35.5. The summed E-state index contributed by atoms with van der Waals surface area (Å²) in [5.74, 6) is -0.219. The van der Waals surface area contributed by atoms with Crippen molar-refractivity contribution in [2.24, 2.45) is 4.99 Å². The van der Waals surface area contributed by atoms with Crippen LogP contribution in [0.2, 0.25) is 5.02 Å². The number of nitrogens with zero attached hydrogens (tertiary/aromatic N) is 1. The van der Waals surface area contributed by atoms with Crippen LogP contribution in [0.15, 0.2) is 83.9 Å². The molecular formula is C21H16ClN3O. The lowest BCUT2D eigenvalue weighted by atomic mass is 10.0. The monoisotopic (exact) mass is 361 g/mol. The Balaban J connectivity index is 1.83. The lowest BCUT2D eigenvalue weighted by Crippen LogP contribution is -2.32. The van der Waals surface area contributed by atoms with E-state index in [-0.39, 0.29) is 5.91 Å². The molecule has 1 aliphatic rings. The fourth-order valence-corrected chi connectivity index (χ4v) is 3.07. The van der Waals surface area contributed by atoms with Crippen LogP contribution >= 0.6 is 11.6 Å². The number of halogens is 1. The molecule has 0 saturated heterocycles. The summed E-state index contributed by atoms with van der Waals surface area (Å²) in [7, 11) is 0. The van der Waals surface area contributed by atoms with Gasteiger partial charge in [-0.3, -0.25) is 4.79 Å². The van der Waals surface area contributed by atoms with Gasteiger partial charge in [0.25, 0.3) is 5.91 Å². The van der Waals surface area contributed by atoms with Gasteiger partial charge in [-0.25, -0.2) is 4.99 Å². The largest absolute Gasteiger partial charge is 0.356 e. The normalized spacial score (nSPS) is 16.1. The molecule has 1 aliphatic heterocycles. The predicted molar refractivity (Wildman–Crippen MR) is 106 cm³/mol. The van der Waals surface area contributed by atoms with Crippen molar-refractivity contribution in [1.82, 2.24) is 0 Å². The van der Waals surface area contributed by atoms with Crippen LogP contribution < -0.4 is 10.6 Å². The van der Waals surface area contributed by atoms with Crippen LogP contribution in [-0.2, 0) is 4.79 Å². The first-order valence-electron chi connectivity index (χ1n) is 8.26. The molecular weight excluding hydrogens is 346 g/mol. The quantitative estimate of drug-likeness (QED) is 0.718. The Bertz CT molecular complexity index is 971. The maximum Gasteiger partial charge on any atom is 0.269 e. The van der Waals surface area contributed by atoms with E-state index in [1.54, 1.807) is 12.1 Å². The molecule has 3 aromatic rings. The van der Waals surface area contributed by atoms with Gasteiger partial charge in [0.05, 0.1) is 11.4 Å². The van der Waals surface area contributed by atoms with E-state index < -0.39 is 6.17 Å². The van der Waals surface area contributed by atoms with Gasteiger partial charge in [-0.05, 0) is 30.3 Å². The number of benzene rings is 3. The molecule has 0 spiro atoms. The molecule has 4 nitrogen and oxygen atoms in total. The highest BCUT2D eigenvalue weighted by Gasteiger charge is 2.25. The smallest absolute Gasteiger partial charge is 0.269 e. The summed E-state index contributed by atoms with van der Waals surface area (Å²) in [4.78, 5) is 17.5. The summed E-state index contributed by atoms with van der Waals surface area (Å²) >= 11 is 6.20. The minimum atomic E-state index is -0.751. The zero-order valence-electron chi connectivity index (χ0n) is 13.8. The van der Waals surface area contributed by atoms with Crippen molar-refractivity contribution in [3.63, 3.8) is 0 Å². The minimum Gasteiger partial charge on any atom is -0.356 e. The molecule has 1 amide bonds. The van der Waals surface area contributed by atoms with Crippen LogP contribution in [0.5, 0.6) is 0 Å². The molecule has 5 heteroatoms. The lowest BCUT2D eigenvalue weighted by molar-refractivity contribution is -0.116.